The van der Waals surface area contributed by atoms with Gasteiger partial charge in [0.15, 0.2) is 0 Å². The summed E-state index contributed by atoms with van der Waals surface area (Å²) in [6.07, 6.45) is 1.41. The number of carbonyl (C=O) groups is 8. The van der Waals surface area contributed by atoms with Gasteiger partial charge in [0.2, 0.25) is 41.4 Å². The van der Waals surface area contributed by atoms with Crippen molar-refractivity contribution in [3.63, 3.8) is 0 Å². The minimum atomic E-state index is -1.76. The highest BCUT2D eigenvalue weighted by Crippen LogP contribution is 2.21. The van der Waals surface area contributed by atoms with Crippen LogP contribution in [0.4, 0.5) is 0 Å². The molecule has 3 aromatic rings. The molecule has 1 fully saturated rings. The molecule has 22 nitrogen and oxygen atoms in total. The van der Waals surface area contributed by atoms with Crippen molar-refractivity contribution in [2.24, 2.45) is 5.73 Å². The van der Waals surface area contributed by atoms with E-state index in [1.54, 1.807) is 42.5 Å². The average Bonchev–Trinajstić information content (AvgIpc) is 3.99. The molecule has 1 saturated heterocycles. The number of phenolic OH excluding ortho intramolecular Hbond substituents is 1. The molecule has 0 unspecified atom stereocenters. The number of rotatable bonds is 23. The van der Waals surface area contributed by atoms with Crippen LogP contribution in [0.1, 0.15) is 43.5 Å². The first kappa shape index (κ1) is 51.1. The summed E-state index contributed by atoms with van der Waals surface area (Å²) < 4.78 is 0. The highest BCUT2D eigenvalue weighted by molar-refractivity contribution is 7.80. The predicted molar refractivity (Wildman–Crippen MR) is 234 cm³/mol. The molecule has 0 bridgehead atoms. The van der Waals surface area contributed by atoms with Crippen LogP contribution in [0.2, 0.25) is 0 Å². The maximum Gasteiger partial charge on any atom is 0.327 e. The second kappa shape index (κ2) is 24.5. The Balaban J connectivity index is 1.56. The number of aromatic nitrogens is 2. The lowest BCUT2D eigenvalue weighted by atomic mass is 10.0. The second-order valence-corrected chi connectivity index (χ2v) is 15.9. The van der Waals surface area contributed by atoms with Crippen LogP contribution >= 0.6 is 12.6 Å². The van der Waals surface area contributed by atoms with Crippen LogP contribution in [0.5, 0.6) is 5.75 Å². The van der Waals surface area contributed by atoms with Crippen molar-refractivity contribution in [1.82, 2.24) is 46.8 Å². The number of aromatic hydroxyl groups is 1. The van der Waals surface area contributed by atoms with Crippen LogP contribution in [0.25, 0.3) is 0 Å². The molecule has 65 heavy (non-hydrogen) atoms. The molecule has 9 atom stereocenters. The summed E-state index contributed by atoms with van der Waals surface area (Å²) >= 11 is 3.87. The monoisotopic (exact) mass is 924 g/mol. The zero-order chi connectivity index (χ0) is 47.8. The first-order valence-electron chi connectivity index (χ1n) is 20.7. The van der Waals surface area contributed by atoms with Crippen molar-refractivity contribution >= 4 is 59.9 Å². The summed E-state index contributed by atoms with van der Waals surface area (Å²) in [7, 11) is 0. The third-order valence-corrected chi connectivity index (χ3v) is 10.8. The fraction of sp³-hybridized carbons (Fsp3) is 0.452. The summed E-state index contributed by atoms with van der Waals surface area (Å²) in [4.78, 5) is 115. The number of amides is 7. The Morgan fingerprint density at radius 1 is 0.769 bits per heavy atom. The second-order valence-electron chi connectivity index (χ2n) is 15.6. The maximum absolute atomic E-state index is 14.5. The number of carboxylic acid groups (broad SMARTS) is 1. The minimum Gasteiger partial charge on any atom is -0.508 e. The van der Waals surface area contributed by atoms with Crippen molar-refractivity contribution in [2.45, 2.75) is 100 Å². The third kappa shape index (κ3) is 15.0. The summed E-state index contributed by atoms with van der Waals surface area (Å²) in [5.41, 5.74) is 7.43. The lowest BCUT2D eigenvalue weighted by Gasteiger charge is -2.31. The number of carboxylic acids is 1. The molecule has 0 spiro atoms. The fourth-order valence-electron chi connectivity index (χ4n) is 6.87. The number of hydrogen-bond acceptors (Lipinski definition) is 14. The van der Waals surface area contributed by atoms with Gasteiger partial charge in [-0.05, 0) is 49.9 Å². The number of aliphatic hydroxyl groups excluding tert-OH is 2. The zero-order valence-corrected chi connectivity index (χ0v) is 36.6. The Hall–Kier alpha value is -6.56. The van der Waals surface area contributed by atoms with E-state index in [1.807, 2.05) is 0 Å². The van der Waals surface area contributed by atoms with Gasteiger partial charge in [-0.3, -0.25) is 33.6 Å². The van der Waals surface area contributed by atoms with E-state index in [1.165, 1.54) is 36.5 Å². The van der Waals surface area contributed by atoms with Crippen molar-refractivity contribution in [1.29, 1.82) is 0 Å². The van der Waals surface area contributed by atoms with E-state index in [0.29, 0.717) is 23.2 Å². The van der Waals surface area contributed by atoms with Crippen molar-refractivity contribution in [3.05, 3.63) is 83.9 Å². The number of carbonyl (C=O) groups excluding carboxylic acids is 7. The normalized spacial score (nSPS) is 17.1. The van der Waals surface area contributed by atoms with Gasteiger partial charge in [-0.15, -0.1) is 0 Å². The first-order chi connectivity index (χ1) is 30.9. The Morgan fingerprint density at radius 3 is 1.92 bits per heavy atom. The summed E-state index contributed by atoms with van der Waals surface area (Å²) in [6.45, 7) is 1.72. The number of H-pyrrole nitrogens is 1. The number of likely N-dealkylation sites (tertiary alicyclic amines) is 1. The van der Waals surface area contributed by atoms with Gasteiger partial charge in [-0.2, -0.15) is 12.6 Å². The van der Waals surface area contributed by atoms with Crippen LogP contribution in [0, 0.1) is 0 Å². The molecule has 2 heterocycles. The van der Waals surface area contributed by atoms with Gasteiger partial charge in [0.25, 0.3) is 0 Å². The van der Waals surface area contributed by atoms with Crippen LogP contribution in [0.3, 0.4) is 0 Å². The van der Waals surface area contributed by atoms with Crippen LogP contribution in [-0.4, -0.2) is 156 Å². The molecule has 1 aromatic heterocycles. The van der Waals surface area contributed by atoms with E-state index < -0.39 is 108 Å². The molecule has 1 aliphatic rings. The Kier molecular flexibility index (Phi) is 19.2. The highest BCUT2D eigenvalue weighted by Gasteiger charge is 2.41. The Morgan fingerprint density at radius 2 is 1.34 bits per heavy atom. The van der Waals surface area contributed by atoms with E-state index in [0.717, 1.165) is 6.92 Å². The Labute approximate surface area is 379 Å². The van der Waals surface area contributed by atoms with Gasteiger partial charge in [0, 0.05) is 43.5 Å². The molecule has 2 aromatic carbocycles. The van der Waals surface area contributed by atoms with E-state index in [2.05, 4.69) is 54.5 Å². The molecule has 0 radical (unpaired) electrons. The van der Waals surface area contributed by atoms with Gasteiger partial charge in [-0.1, -0.05) is 42.5 Å². The molecule has 1 aliphatic heterocycles. The van der Waals surface area contributed by atoms with E-state index in [-0.39, 0.29) is 43.7 Å². The number of nitrogens with two attached hydrogens (primary N) is 1. The molecular formula is C42H56N10O12S. The number of phenols is 1. The standard InChI is InChI=1S/C42H56N10O12S/c1-22(43)35(56)46-28(15-25-10-12-27(55)13-11-25)36(57)48-30(16-24-7-4-3-5-8-24)41(62)52-14-6-9-33(52)39(60)47-29(17-26-18-44-21-45-26)37(58)51-34(23(2)54)40(61)49-31(19-53)38(59)50-32(20-65)42(63)64/h3-5,7-8,10-13,18,21-23,28-34,53-55,65H,6,9,14-17,19-20,43H2,1-2H3,(H,44,45)(H,46,56)(H,47,60)(H,48,57)(H,49,61)(H,50,59)(H,51,58)(H,63,64)/t22-,23+,28-,29-,30-,31-,32-,33-,34-/m0/s1. The number of benzene rings is 2. The van der Waals surface area contributed by atoms with Gasteiger partial charge in [0.05, 0.1) is 25.1 Å². The van der Waals surface area contributed by atoms with E-state index in [9.17, 15) is 58.8 Å². The lowest BCUT2D eigenvalue weighted by Crippen LogP contribution is -2.62. The summed E-state index contributed by atoms with van der Waals surface area (Å²) in [6, 6.07) is 3.85. The number of aliphatic hydroxyl groups is 2. The summed E-state index contributed by atoms with van der Waals surface area (Å²) in [5, 5.41) is 54.2. The van der Waals surface area contributed by atoms with Crippen LogP contribution in [0.15, 0.2) is 67.1 Å². The SMILES string of the molecule is C[C@H](N)C(=O)N[C@@H](Cc1ccc(O)cc1)C(=O)N[C@@H](Cc1ccccc1)C(=O)N1CCC[C@H]1C(=O)N[C@@H](Cc1cnc[nH]1)C(=O)N[C@H](C(=O)N[C@@H](CO)C(=O)N[C@@H](CS)C(=O)O)[C@@H](C)O. The molecular weight excluding hydrogens is 869 g/mol. The van der Waals surface area contributed by atoms with Crippen molar-refractivity contribution < 1.29 is 58.8 Å². The van der Waals surface area contributed by atoms with Crippen LogP contribution in [-0.2, 0) is 57.6 Å². The third-order valence-electron chi connectivity index (χ3n) is 10.4. The predicted octanol–water partition coefficient (Wildman–Crippen LogP) is -3.22. The number of imidazole rings is 1. The van der Waals surface area contributed by atoms with Crippen molar-refractivity contribution in [3.8, 4) is 5.75 Å². The number of aliphatic carboxylic acids is 1. The number of nitrogens with one attached hydrogen (secondary N) is 7. The van der Waals surface area contributed by atoms with E-state index >= 15 is 0 Å². The average molecular weight is 925 g/mol. The molecule has 0 saturated carbocycles. The minimum absolute atomic E-state index is 0.00764. The van der Waals surface area contributed by atoms with Gasteiger partial charge in [-0.25, -0.2) is 9.78 Å². The topological polar surface area (TPSA) is 348 Å². The zero-order valence-electron chi connectivity index (χ0n) is 35.7. The lowest BCUT2D eigenvalue weighted by molar-refractivity contribution is -0.143. The smallest absolute Gasteiger partial charge is 0.327 e. The molecule has 13 N–H and O–H groups in total. The molecule has 4 rings (SSSR count). The van der Waals surface area contributed by atoms with E-state index in [4.69, 9.17) is 5.73 Å². The maximum atomic E-state index is 14.5. The fourth-order valence-corrected chi connectivity index (χ4v) is 7.12. The first-order valence-corrected chi connectivity index (χ1v) is 21.4. The van der Waals surface area contributed by atoms with Crippen molar-refractivity contribution in [2.75, 3.05) is 18.9 Å². The Bertz CT molecular complexity index is 2110. The largest absolute Gasteiger partial charge is 0.508 e. The molecule has 0 aliphatic carbocycles. The molecule has 352 valence electrons. The van der Waals surface area contributed by atoms with Gasteiger partial charge >= 0.3 is 5.97 Å². The highest BCUT2D eigenvalue weighted by atomic mass is 32.1. The number of nitrogens with zero attached hydrogens (tertiary/aromatic N) is 2. The van der Waals surface area contributed by atoms with Gasteiger partial charge in [0.1, 0.15) is 48.0 Å². The molecule has 7 amide bonds. The molecule has 23 heteroatoms. The quantitative estimate of drug-likeness (QED) is 0.0417. The summed E-state index contributed by atoms with van der Waals surface area (Å²) in [5.74, 6) is -7.66. The number of thiol groups is 1. The van der Waals surface area contributed by atoms with Crippen LogP contribution < -0.4 is 37.6 Å². The van der Waals surface area contributed by atoms with Gasteiger partial charge < -0.3 is 67.9 Å². The number of aromatic amines is 1. The number of hydrogen-bond donors (Lipinski definition) is 13.